The van der Waals surface area contributed by atoms with Crippen molar-refractivity contribution < 1.29 is 9.30 Å². The van der Waals surface area contributed by atoms with Crippen molar-refractivity contribution in [2.75, 3.05) is 0 Å². The summed E-state index contributed by atoms with van der Waals surface area (Å²) < 4.78 is 8.71. The molecule has 0 atom stereocenters. The first-order valence-electron chi connectivity index (χ1n) is 11.3. The van der Waals surface area contributed by atoms with Crippen LogP contribution in [-0.4, -0.2) is 5.60 Å². The van der Waals surface area contributed by atoms with Gasteiger partial charge in [-0.3, -0.25) is 0 Å². The number of pyridine rings is 1. The van der Waals surface area contributed by atoms with Gasteiger partial charge in [0.15, 0.2) is 6.20 Å². The molecule has 0 bridgehead atoms. The minimum atomic E-state index is -0.105. The van der Waals surface area contributed by atoms with Gasteiger partial charge in [-0.15, -0.1) is 0 Å². The van der Waals surface area contributed by atoms with Crippen LogP contribution in [0.15, 0.2) is 60.8 Å². The lowest BCUT2D eigenvalue weighted by Crippen LogP contribution is -2.43. The summed E-state index contributed by atoms with van der Waals surface area (Å²) >= 11 is 0. The Morgan fingerprint density at radius 3 is 2.40 bits per heavy atom. The molecule has 2 nitrogen and oxygen atoms in total. The molecule has 2 heteroatoms. The first-order valence-corrected chi connectivity index (χ1v) is 11.3. The van der Waals surface area contributed by atoms with Crippen LogP contribution < -0.4 is 9.30 Å². The zero-order chi connectivity index (χ0) is 20.9. The van der Waals surface area contributed by atoms with Crippen molar-refractivity contribution in [3.63, 3.8) is 0 Å². The summed E-state index contributed by atoms with van der Waals surface area (Å²) in [4.78, 5) is 0. The number of fused-ring (bicyclic) bond motifs is 2. The fraction of sp³-hybridized carbons (Fsp3) is 0.393. The second kappa shape index (κ2) is 6.97. The van der Waals surface area contributed by atoms with Crippen LogP contribution in [0.25, 0.3) is 22.4 Å². The maximum atomic E-state index is 6.52. The third kappa shape index (κ3) is 3.23. The molecule has 0 unspecified atom stereocenters. The van der Waals surface area contributed by atoms with Gasteiger partial charge in [0, 0.05) is 28.7 Å². The van der Waals surface area contributed by atoms with Gasteiger partial charge in [-0.25, -0.2) is 4.57 Å². The number of nitrogens with zero attached hydrogens (tertiary/aromatic N) is 1. The van der Waals surface area contributed by atoms with E-state index in [1.54, 1.807) is 0 Å². The van der Waals surface area contributed by atoms with Gasteiger partial charge in [0.1, 0.15) is 18.4 Å². The molecule has 1 saturated carbocycles. The van der Waals surface area contributed by atoms with Crippen LogP contribution in [0.3, 0.4) is 0 Å². The highest BCUT2D eigenvalue weighted by Crippen LogP contribution is 2.54. The Hall–Kier alpha value is -2.61. The van der Waals surface area contributed by atoms with Crippen molar-refractivity contribution in [1.29, 1.82) is 0 Å². The molecule has 0 saturated heterocycles. The number of aromatic nitrogens is 1. The molecular weight excluding hydrogens is 366 g/mol. The van der Waals surface area contributed by atoms with Gasteiger partial charge >= 0.3 is 0 Å². The Labute approximate surface area is 180 Å². The van der Waals surface area contributed by atoms with Crippen LogP contribution >= 0.6 is 0 Å². The van der Waals surface area contributed by atoms with Crippen molar-refractivity contribution in [3.05, 3.63) is 71.9 Å². The smallest absolute Gasteiger partial charge is 0.212 e. The predicted octanol–water partition coefficient (Wildman–Crippen LogP) is 6.53. The van der Waals surface area contributed by atoms with Gasteiger partial charge in [-0.2, -0.15) is 0 Å². The summed E-state index contributed by atoms with van der Waals surface area (Å²) in [7, 11) is 2.11. The van der Waals surface area contributed by atoms with Crippen molar-refractivity contribution in [2.24, 2.45) is 7.05 Å². The number of ether oxygens (including phenoxy) is 1. The monoisotopic (exact) mass is 398 g/mol. The average Bonchev–Trinajstić information content (AvgIpc) is 3.16. The molecule has 5 rings (SSSR count). The zero-order valence-corrected chi connectivity index (χ0v) is 18.7. The molecule has 1 aromatic heterocycles. The van der Waals surface area contributed by atoms with E-state index >= 15 is 0 Å². The predicted molar refractivity (Wildman–Crippen MR) is 123 cm³/mol. The second-order valence-electron chi connectivity index (χ2n) is 9.96. The van der Waals surface area contributed by atoms with E-state index in [4.69, 9.17) is 4.74 Å². The maximum Gasteiger partial charge on any atom is 0.212 e. The lowest BCUT2D eigenvalue weighted by atomic mass is 9.69. The number of aryl methyl sites for hydroxylation is 2. The molecule has 154 valence electrons. The number of rotatable bonds is 2. The third-order valence-electron chi connectivity index (χ3n) is 7.17. The van der Waals surface area contributed by atoms with Crippen LogP contribution in [0.1, 0.15) is 57.1 Å². The van der Waals surface area contributed by atoms with Crippen molar-refractivity contribution in [2.45, 2.75) is 63.9 Å². The van der Waals surface area contributed by atoms with Crippen LogP contribution in [0.4, 0.5) is 0 Å². The standard InChI is InChI=1S/C28H32NO/c1-20-10-11-21(17-23(20)25-9-5-8-16-29(25)4)22-12-13-24-26(18-22)30-27(2,3)19-28(24)14-6-7-15-28/h5,8-13,16-18H,6-7,14-15,19H2,1-4H3/q+1. The summed E-state index contributed by atoms with van der Waals surface area (Å²) in [5.74, 6) is 1.10. The molecule has 0 amide bonds. The maximum absolute atomic E-state index is 6.52. The Morgan fingerprint density at radius 1 is 0.900 bits per heavy atom. The van der Waals surface area contributed by atoms with Crippen molar-refractivity contribution >= 4 is 0 Å². The van der Waals surface area contributed by atoms with E-state index in [-0.39, 0.29) is 5.60 Å². The lowest BCUT2D eigenvalue weighted by Gasteiger charge is -2.44. The molecule has 3 aromatic rings. The summed E-state index contributed by atoms with van der Waals surface area (Å²) in [6.07, 6.45) is 8.51. The Bertz CT molecular complexity index is 1110. The topological polar surface area (TPSA) is 13.1 Å². The van der Waals surface area contributed by atoms with E-state index in [9.17, 15) is 0 Å². The van der Waals surface area contributed by atoms with Gasteiger partial charge < -0.3 is 4.74 Å². The molecule has 2 aromatic carbocycles. The molecule has 1 aliphatic heterocycles. The molecule has 2 aliphatic rings. The van der Waals surface area contributed by atoms with Gasteiger partial charge in [0.25, 0.3) is 0 Å². The van der Waals surface area contributed by atoms with Crippen molar-refractivity contribution in [1.82, 2.24) is 0 Å². The molecular formula is C28H32NO+. The highest BCUT2D eigenvalue weighted by molar-refractivity contribution is 5.74. The molecule has 30 heavy (non-hydrogen) atoms. The normalized spacial score (nSPS) is 18.8. The highest BCUT2D eigenvalue weighted by Gasteiger charge is 2.46. The van der Waals surface area contributed by atoms with Crippen molar-refractivity contribution in [3.8, 4) is 28.1 Å². The SMILES string of the molecule is Cc1ccc(-c2ccc3c(c2)OC(C)(C)CC32CCCC2)cc1-c1cccc[n+]1C. The minimum absolute atomic E-state index is 0.105. The van der Waals surface area contributed by atoms with Crippen LogP contribution in [0.2, 0.25) is 0 Å². The molecule has 0 radical (unpaired) electrons. The van der Waals surface area contributed by atoms with E-state index in [0.717, 1.165) is 12.2 Å². The highest BCUT2D eigenvalue weighted by atomic mass is 16.5. The Balaban J connectivity index is 1.60. The van der Waals surface area contributed by atoms with Crippen LogP contribution in [-0.2, 0) is 12.5 Å². The number of benzene rings is 2. The largest absolute Gasteiger partial charge is 0.488 e. The van der Waals surface area contributed by atoms with Crippen LogP contribution in [0, 0.1) is 6.92 Å². The van der Waals surface area contributed by atoms with Gasteiger partial charge in [0.05, 0.1) is 0 Å². The summed E-state index contributed by atoms with van der Waals surface area (Å²) in [5.41, 5.74) is 7.93. The van der Waals surface area contributed by atoms with E-state index in [1.807, 2.05) is 0 Å². The molecule has 1 fully saturated rings. The summed E-state index contributed by atoms with van der Waals surface area (Å²) in [5, 5.41) is 0. The molecule has 2 heterocycles. The molecule has 1 aliphatic carbocycles. The Kier molecular flexibility index (Phi) is 4.50. The number of hydrogen-bond acceptors (Lipinski definition) is 1. The van der Waals surface area contributed by atoms with Gasteiger partial charge in [-0.1, -0.05) is 37.1 Å². The fourth-order valence-electron chi connectivity index (χ4n) is 5.85. The Morgan fingerprint density at radius 2 is 1.63 bits per heavy atom. The minimum Gasteiger partial charge on any atom is -0.488 e. The van der Waals surface area contributed by atoms with E-state index in [0.29, 0.717) is 5.41 Å². The van der Waals surface area contributed by atoms with E-state index in [1.165, 1.54) is 59.2 Å². The first-order chi connectivity index (χ1) is 14.4. The fourth-order valence-corrected chi connectivity index (χ4v) is 5.85. The number of hydrogen-bond donors (Lipinski definition) is 0. The summed E-state index contributed by atoms with van der Waals surface area (Å²) in [6.45, 7) is 6.69. The third-order valence-corrected chi connectivity index (χ3v) is 7.17. The van der Waals surface area contributed by atoms with E-state index < -0.39 is 0 Å². The van der Waals surface area contributed by atoms with E-state index in [2.05, 4.69) is 93.2 Å². The van der Waals surface area contributed by atoms with Gasteiger partial charge in [0.2, 0.25) is 5.69 Å². The summed E-state index contributed by atoms with van der Waals surface area (Å²) in [6, 6.07) is 20.1. The lowest BCUT2D eigenvalue weighted by molar-refractivity contribution is -0.660. The molecule has 0 N–H and O–H groups in total. The molecule has 1 spiro atoms. The van der Waals surface area contributed by atoms with Crippen LogP contribution in [0.5, 0.6) is 5.75 Å². The average molecular weight is 399 g/mol. The zero-order valence-electron chi connectivity index (χ0n) is 18.7. The first kappa shape index (κ1) is 19.4. The second-order valence-corrected chi connectivity index (χ2v) is 9.96. The quantitative estimate of drug-likeness (QED) is 0.448. The van der Waals surface area contributed by atoms with Gasteiger partial charge in [-0.05, 0) is 74.9 Å².